The van der Waals surface area contributed by atoms with Crippen LogP contribution in [-0.2, 0) is 5.41 Å². The number of halogens is 1. The second-order valence-corrected chi connectivity index (χ2v) is 9.71. The van der Waals surface area contributed by atoms with Crippen LogP contribution < -0.4 is 10.1 Å². The van der Waals surface area contributed by atoms with Gasteiger partial charge in [-0.2, -0.15) is 0 Å². The van der Waals surface area contributed by atoms with Gasteiger partial charge in [0.05, 0.1) is 11.6 Å². The van der Waals surface area contributed by atoms with Gasteiger partial charge in [-0.05, 0) is 105 Å². The third kappa shape index (κ3) is 3.54. The molecule has 4 saturated carbocycles. The van der Waals surface area contributed by atoms with Crippen LogP contribution in [0.25, 0.3) is 0 Å². The fourth-order valence-corrected chi connectivity index (χ4v) is 6.72. The Bertz CT molecular complexity index is 886. The Hall–Kier alpha value is -2.00. The van der Waals surface area contributed by atoms with Gasteiger partial charge in [-0.3, -0.25) is 4.79 Å². The highest BCUT2D eigenvalue weighted by Gasteiger charge is 2.51. The first-order valence-electron chi connectivity index (χ1n) is 10.9. The molecule has 152 valence electrons. The van der Waals surface area contributed by atoms with E-state index in [9.17, 15) is 4.79 Å². The van der Waals surface area contributed by atoms with E-state index < -0.39 is 0 Å². The molecule has 0 atom stereocenters. The monoisotopic (exact) mass is 409 g/mol. The Labute approximate surface area is 177 Å². The minimum Gasteiger partial charge on any atom is -0.492 e. The lowest BCUT2D eigenvalue weighted by atomic mass is 9.48. The molecule has 1 amide bonds. The molecule has 1 N–H and O–H groups in total. The van der Waals surface area contributed by atoms with Gasteiger partial charge in [0.15, 0.2) is 0 Å². The first kappa shape index (κ1) is 19.0. The van der Waals surface area contributed by atoms with Crippen molar-refractivity contribution >= 4 is 23.2 Å². The molecule has 0 spiro atoms. The van der Waals surface area contributed by atoms with Crippen LogP contribution in [0, 0.1) is 17.8 Å². The third-order valence-electron chi connectivity index (χ3n) is 7.29. The molecular formula is C25H28ClNO2. The minimum absolute atomic E-state index is 0.155. The van der Waals surface area contributed by atoms with Crippen molar-refractivity contribution in [2.45, 2.75) is 50.9 Å². The quantitative estimate of drug-likeness (QED) is 0.615. The van der Waals surface area contributed by atoms with E-state index in [2.05, 4.69) is 29.6 Å². The van der Waals surface area contributed by atoms with Crippen LogP contribution in [0.2, 0.25) is 5.02 Å². The lowest BCUT2D eigenvalue weighted by Gasteiger charge is -2.57. The topological polar surface area (TPSA) is 38.3 Å². The molecule has 0 unspecified atom stereocenters. The number of carbonyl (C=O) groups is 1. The van der Waals surface area contributed by atoms with Crippen molar-refractivity contribution in [3.63, 3.8) is 0 Å². The number of nitrogens with one attached hydrogen (secondary N) is 1. The van der Waals surface area contributed by atoms with E-state index in [0.717, 1.165) is 23.4 Å². The van der Waals surface area contributed by atoms with Crippen LogP contribution in [0.15, 0.2) is 42.5 Å². The molecule has 6 rings (SSSR count). The summed E-state index contributed by atoms with van der Waals surface area (Å²) in [6, 6.07) is 13.8. The van der Waals surface area contributed by atoms with Crippen molar-refractivity contribution in [3.05, 3.63) is 58.6 Å². The van der Waals surface area contributed by atoms with Gasteiger partial charge in [0, 0.05) is 11.3 Å². The van der Waals surface area contributed by atoms with Crippen LogP contribution in [0.3, 0.4) is 0 Å². The molecule has 0 radical (unpaired) electrons. The second-order valence-electron chi connectivity index (χ2n) is 9.31. The van der Waals surface area contributed by atoms with Gasteiger partial charge in [0.25, 0.3) is 5.91 Å². The van der Waals surface area contributed by atoms with Gasteiger partial charge in [0.2, 0.25) is 0 Å². The van der Waals surface area contributed by atoms with Crippen LogP contribution in [0.5, 0.6) is 5.75 Å². The number of ether oxygens (including phenoxy) is 1. The Balaban J connectivity index is 1.30. The van der Waals surface area contributed by atoms with Crippen molar-refractivity contribution in [1.82, 2.24) is 0 Å². The molecule has 0 aromatic heterocycles. The first-order chi connectivity index (χ1) is 14.0. The molecular weight excluding hydrogens is 382 g/mol. The largest absolute Gasteiger partial charge is 0.492 e. The van der Waals surface area contributed by atoms with Crippen molar-refractivity contribution in [2.75, 3.05) is 11.9 Å². The summed E-state index contributed by atoms with van der Waals surface area (Å²) in [4.78, 5) is 12.6. The maximum absolute atomic E-state index is 12.6. The summed E-state index contributed by atoms with van der Waals surface area (Å²) in [7, 11) is 0. The fourth-order valence-electron chi connectivity index (χ4n) is 6.49. The van der Waals surface area contributed by atoms with E-state index >= 15 is 0 Å². The number of rotatable bonds is 5. The Morgan fingerprint density at radius 3 is 2.21 bits per heavy atom. The highest BCUT2D eigenvalue weighted by molar-refractivity contribution is 6.32. The molecule has 3 nitrogen and oxygen atoms in total. The molecule has 0 heterocycles. The molecule has 4 fully saturated rings. The maximum Gasteiger partial charge on any atom is 0.255 e. The van der Waals surface area contributed by atoms with Crippen molar-refractivity contribution in [2.24, 2.45) is 17.8 Å². The number of amides is 1. The van der Waals surface area contributed by atoms with Crippen LogP contribution in [-0.4, -0.2) is 12.5 Å². The Morgan fingerprint density at radius 1 is 1.03 bits per heavy atom. The molecule has 4 aliphatic rings. The van der Waals surface area contributed by atoms with E-state index in [-0.39, 0.29) is 5.91 Å². The molecule has 2 aromatic rings. The predicted molar refractivity (Wildman–Crippen MR) is 117 cm³/mol. The highest BCUT2D eigenvalue weighted by Crippen LogP contribution is 2.60. The predicted octanol–water partition coefficient (Wildman–Crippen LogP) is 6.46. The maximum atomic E-state index is 12.6. The molecule has 29 heavy (non-hydrogen) atoms. The van der Waals surface area contributed by atoms with E-state index in [1.165, 1.54) is 44.1 Å². The Morgan fingerprint density at radius 2 is 1.66 bits per heavy atom. The third-order valence-corrected chi connectivity index (χ3v) is 7.58. The SMILES string of the molecule is CCOc1ccc(C(=O)Nc2ccc(C34CC5CC(CC(C5)C3)C4)cc2)cc1Cl. The zero-order valence-corrected chi connectivity index (χ0v) is 17.7. The molecule has 0 saturated heterocycles. The summed E-state index contributed by atoms with van der Waals surface area (Å²) in [6.07, 6.45) is 8.44. The summed E-state index contributed by atoms with van der Waals surface area (Å²) in [6.45, 7) is 2.45. The second kappa shape index (κ2) is 7.36. The first-order valence-corrected chi connectivity index (χ1v) is 11.3. The lowest BCUT2D eigenvalue weighted by molar-refractivity contribution is -0.00518. The fraction of sp³-hybridized carbons (Fsp3) is 0.480. The molecule has 2 aromatic carbocycles. The number of benzene rings is 2. The van der Waals surface area contributed by atoms with Crippen LogP contribution in [0.1, 0.15) is 61.4 Å². The Kier molecular flexibility index (Phi) is 4.82. The normalized spacial score (nSPS) is 29.7. The van der Waals surface area contributed by atoms with Gasteiger partial charge in [-0.1, -0.05) is 23.7 Å². The summed E-state index contributed by atoms with van der Waals surface area (Å²) >= 11 is 6.22. The smallest absolute Gasteiger partial charge is 0.255 e. The molecule has 4 bridgehead atoms. The van der Waals surface area contributed by atoms with Gasteiger partial charge in [0.1, 0.15) is 5.75 Å². The van der Waals surface area contributed by atoms with E-state index in [4.69, 9.17) is 16.3 Å². The number of hydrogen-bond acceptors (Lipinski definition) is 2. The van der Waals surface area contributed by atoms with E-state index in [0.29, 0.717) is 28.4 Å². The van der Waals surface area contributed by atoms with Gasteiger partial charge < -0.3 is 10.1 Å². The standard InChI is InChI=1S/C25H28ClNO2/c1-2-29-23-8-3-19(12-22(23)26)24(28)27-21-6-4-20(5-7-21)25-13-16-9-17(14-25)11-18(10-16)15-25/h3-8,12,16-18H,2,9-11,13-15H2,1H3,(H,27,28). The number of anilines is 1. The van der Waals surface area contributed by atoms with Crippen LogP contribution in [0.4, 0.5) is 5.69 Å². The van der Waals surface area contributed by atoms with Crippen LogP contribution >= 0.6 is 11.6 Å². The molecule has 4 aliphatic carbocycles. The zero-order chi connectivity index (χ0) is 20.0. The van der Waals surface area contributed by atoms with Gasteiger partial charge in [-0.25, -0.2) is 0 Å². The number of carbonyl (C=O) groups excluding carboxylic acids is 1. The number of hydrogen-bond donors (Lipinski definition) is 1. The zero-order valence-electron chi connectivity index (χ0n) is 16.9. The molecule has 0 aliphatic heterocycles. The lowest BCUT2D eigenvalue weighted by Crippen LogP contribution is -2.48. The van der Waals surface area contributed by atoms with E-state index in [1.807, 2.05) is 6.92 Å². The average Bonchev–Trinajstić information content (AvgIpc) is 2.69. The van der Waals surface area contributed by atoms with Crippen molar-refractivity contribution < 1.29 is 9.53 Å². The van der Waals surface area contributed by atoms with Gasteiger partial charge in [-0.15, -0.1) is 0 Å². The highest BCUT2D eigenvalue weighted by atomic mass is 35.5. The summed E-state index contributed by atoms with van der Waals surface area (Å²) in [5, 5.41) is 3.45. The average molecular weight is 410 g/mol. The van der Waals surface area contributed by atoms with Gasteiger partial charge >= 0.3 is 0 Å². The summed E-state index contributed by atoms with van der Waals surface area (Å²) in [5.74, 6) is 3.25. The van der Waals surface area contributed by atoms with Crippen molar-refractivity contribution in [3.8, 4) is 5.75 Å². The molecule has 4 heteroatoms. The van der Waals surface area contributed by atoms with Crippen molar-refractivity contribution in [1.29, 1.82) is 0 Å². The van der Waals surface area contributed by atoms with E-state index in [1.54, 1.807) is 18.2 Å². The minimum atomic E-state index is -0.155. The summed E-state index contributed by atoms with van der Waals surface area (Å²) in [5.41, 5.74) is 3.22. The summed E-state index contributed by atoms with van der Waals surface area (Å²) < 4.78 is 5.44.